The second-order valence-corrected chi connectivity index (χ2v) is 5.72. The van der Waals surface area contributed by atoms with Crippen molar-refractivity contribution in [3.05, 3.63) is 91.0 Å². The quantitative estimate of drug-likeness (QED) is 0.604. The van der Waals surface area contributed by atoms with Crippen molar-refractivity contribution in [2.45, 2.75) is 6.54 Å². The van der Waals surface area contributed by atoms with Gasteiger partial charge in [-0.05, 0) is 29.8 Å². The average Bonchev–Trinajstić information content (AvgIpc) is 3.36. The van der Waals surface area contributed by atoms with Gasteiger partial charge in [-0.2, -0.15) is 5.10 Å². The van der Waals surface area contributed by atoms with Crippen molar-refractivity contribution >= 4 is 11.6 Å². The lowest BCUT2D eigenvalue weighted by atomic mass is 10.1. The molecule has 0 saturated carbocycles. The Balaban J connectivity index is 1.57. The van der Waals surface area contributed by atoms with Crippen molar-refractivity contribution in [2.24, 2.45) is 0 Å². The minimum Gasteiger partial charge on any atom is -0.322 e. The lowest BCUT2D eigenvalue weighted by molar-refractivity contribution is 0.102. The number of nitrogens with one attached hydrogen (secondary N) is 1. The van der Waals surface area contributed by atoms with Crippen LogP contribution >= 0.6 is 0 Å². The molecule has 1 amide bonds. The Labute approximate surface area is 150 Å². The van der Waals surface area contributed by atoms with Gasteiger partial charge >= 0.3 is 0 Å². The fourth-order valence-corrected chi connectivity index (χ4v) is 2.72. The molecular weight excluding hydrogens is 328 g/mol. The van der Waals surface area contributed by atoms with E-state index in [0.29, 0.717) is 12.1 Å². The molecule has 7 heteroatoms. The molecule has 0 aliphatic rings. The summed E-state index contributed by atoms with van der Waals surface area (Å²) in [5.41, 5.74) is 3.13. The topological polar surface area (TPSA) is 77.6 Å². The number of carbonyl (C=O) groups is 1. The maximum atomic E-state index is 12.8. The van der Waals surface area contributed by atoms with Gasteiger partial charge in [0.1, 0.15) is 12.7 Å². The van der Waals surface area contributed by atoms with Crippen LogP contribution in [0.1, 0.15) is 15.9 Å². The molecule has 128 valence electrons. The van der Waals surface area contributed by atoms with Crippen LogP contribution in [0.4, 0.5) is 5.69 Å². The number of aromatic nitrogens is 5. The summed E-state index contributed by atoms with van der Waals surface area (Å²) in [7, 11) is 0. The summed E-state index contributed by atoms with van der Waals surface area (Å²) < 4.78 is 3.57. The van der Waals surface area contributed by atoms with Crippen LogP contribution in [0.25, 0.3) is 5.69 Å². The highest BCUT2D eigenvalue weighted by atomic mass is 16.1. The molecule has 26 heavy (non-hydrogen) atoms. The molecule has 2 aromatic carbocycles. The number of hydrogen-bond donors (Lipinski definition) is 1. The van der Waals surface area contributed by atoms with Crippen LogP contribution in [0, 0.1) is 0 Å². The molecule has 7 nitrogen and oxygen atoms in total. The molecule has 4 aromatic rings. The number of carbonyl (C=O) groups excluding carboxylic acids is 1. The number of anilines is 1. The van der Waals surface area contributed by atoms with Gasteiger partial charge in [0.2, 0.25) is 0 Å². The van der Waals surface area contributed by atoms with Crippen molar-refractivity contribution in [1.82, 2.24) is 24.3 Å². The van der Waals surface area contributed by atoms with Gasteiger partial charge < -0.3 is 9.88 Å². The van der Waals surface area contributed by atoms with Crippen molar-refractivity contribution in [3.63, 3.8) is 0 Å². The van der Waals surface area contributed by atoms with Crippen LogP contribution < -0.4 is 5.32 Å². The van der Waals surface area contributed by atoms with E-state index in [1.807, 2.05) is 53.2 Å². The van der Waals surface area contributed by atoms with E-state index in [2.05, 4.69) is 20.4 Å². The van der Waals surface area contributed by atoms with E-state index in [0.717, 1.165) is 16.9 Å². The first-order chi connectivity index (χ1) is 12.8. The number of hydrogen-bond acceptors (Lipinski definition) is 4. The van der Waals surface area contributed by atoms with Gasteiger partial charge in [-0.1, -0.05) is 24.3 Å². The van der Waals surface area contributed by atoms with Crippen LogP contribution in [0.3, 0.4) is 0 Å². The highest BCUT2D eigenvalue weighted by molar-refractivity contribution is 6.05. The molecule has 0 bridgehead atoms. The van der Waals surface area contributed by atoms with Crippen LogP contribution in [0.15, 0.2) is 79.9 Å². The maximum absolute atomic E-state index is 12.8. The Kier molecular flexibility index (Phi) is 4.26. The highest BCUT2D eigenvalue weighted by Gasteiger charge is 2.12. The van der Waals surface area contributed by atoms with Gasteiger partial charge in [0, 0.05) is 29.3 Å². The fourth-order valence-electron chi connectivity index (χ4n) is 2.72. The van der Waals surface area contributed by atoms with Crippen LogP contribution in [0.2, 0.25) is 0 Å². The van der Waals surface area contributed by atoms with E-state index in [1.165, 1.54) is 6.33 Å². The Morgan fingerprint density at radius 3 is 2.77 bits per heavy atom. The zero-order valence-electron chi connectivity index (χ0n) is 13.9. The van der Waals surface area contributed by atoms with Crippen molar-refractivity contribution in [3.8, 4) is 5.69 Å². The Morgan fingerprint density at radius 2 is 1.96 bits per heavy atom. The molecule has 0 aliphatic carbocycles. The van der Waals surface area contributed by atoms with E-state index >= 15 is 0 Å². The van der Waals surface area contributed by atoms with E-state index in [9.17, 15) is 4.79 Å². The molecule has 2 heterocycles. The van der Waals surface area contributed by atoms with E-state index in [-0.39, 0.29) is 5.91 Å². The maximum Gasteiger partial charge on any atom is 0.256 e. The summed E-state index contributed by atoms with van der Waals surface area (Å²) in [6, 6.07) is 15.1. The largest absolute Gasteiger partial charge is 0.322 e. The molecule has 1 N–H and O–H groups in total. The van der Waals surface area contributed by atoms with E-state index in [4.69, 9.17) is 0 Å². The number of rotatable bonds is 5. The first kappa shape index (κ1) is 15.8. The third kappa shape index (κ3) is 3.36. The summed E-state index contributed by atoms with van der Waals surface area (Å²) in [6.07, 6.45) is 8.39. The second-order valence-electron chi connectivity index (χ2n) is 5.72. The van der Waals surface area contributed by atoms with Crippen LogP contribution in [0.5, 0.6) is 0 Å². The number of nitrogens with zero attached hydrogens (tertiary/aromatic N) is 5. The van der Waals surface area contributed by atoms with E-state index in [1.54, 1.807) is 29.6 Å². The van der Waals surface area contributed by atoms with E-state index < -0.39 is 0 Å². The van der Waals surface area contributed by atoms with Gasteiger partial charge in [0.05, 0.1) is 12.9 Å². The van der Waals surface area contributed by atoms with Gasteiger partial charge in [-0.15, -0.1) is 0 Å². The monoisotopic (exact) mass is 344 g/mol. The van der Waals surface area contributed by atoms with Gasteiger partial charge in [0.25, 0.3) is 5.91 Å². The second kappa shape index (κ2) is 7.02. The minimum absolute atomic E-state index is 0.163. The number of benzene rings is 2. The summed E-state index contributed by atoms with van der Waals surface area (Å²) >= 11 is 0. The Hall–Kier alpha value is -3.74. The molecule has 0 unspecified atom stereocenters. The Morgan fingerprint density at radius 1 is 1.04 bits per heavy atom. The minimum atomic E-state index is -0.163. The predicted molar refractivity (Wildman–Crippen MR) is 97.1 cm³/mol. The van der Waals surface area contributed by atoms with Gasteiger partial charge in [0.15, 0.2) is 0 Å². The summed E-state index contributed by atoms with van der Waals surface area (Å²) in [5, 5.41) is 7.06. The van der Waals surface area contributed by atoms with Crippen LogP contribution in [-0.2, 0) is 6.54 Å². The third-order valence-corrected chi connectivity index (χ3v) is 3.97. The lowest BCUT2D eigenvalue weighted by Gasteiger charge is -2.11. The Bertz CT molecular complexity index is 1010. The van der Waals surface area contributed by atoms with Gasteiger partial charge in [-0.25, -0.2) is 14.6 Å². The van der Waals surface area contributed by atoms with Crippen molar-refractivity contribution in [1.29, 1.82) is 0 Å². The standard InChI is InChI=1S/C19H16N6O/c26-19(18-7-2-1-4-15(18)11-25-14-21-12-22-25)23-16-5-3-6-17(10-16)24-9-8-20-13-24/h1-10,12-14H,11H2,(H,23,26). The zero-order chi connectivity index (χ0) is 17.8. The summed E-state index contributed by atoms with van der Waals surface area (Å²) in [6.45, 7) is 0.485. The summed E-state index contributed by atoms with van der Waals surface area (Å²) in [5.74, 6) is -0.163. The van der Waals surface area contributed by atoms with Gasteiger partial charge in [-0.3, -0.25) is 4.79 Å². The molecule has 0 saturated heterocycles. The van der Waals surface area contributed by atoms with Crippen molar-refractivity contribution in [2.75, 3.05) is 5.32 Å². The smallest absolute Gasteiger partial charge is 0.256 e. The number of imidazole rings is 1. The molecular formula is C19H16N6O. The van der Waals surface area contributed by atoms with Crippen molar-refractivity contribution < 1.29 is 4.79 Å². The normalized spacial score (nSPS) is 10.6. The predicted octanol–water partition coefficient (Wildman–Crippen LogP) is 2.76. The molecule has 0 radical (unpaired) electrons. The SMILES string of the molecule is O=C(Nc1cccc(-n2ccnc2)c1)c1ccccc1Cn1cncn1. The number of amides is 1. The molecule has 0 atom stereocenters. The van der Waals surface area contributed by atoms with Crippen LogP contribution in [-0.4, -0.2) is 30.2 Å². The molecule has 0 fully saturated rings. The summed E-state index contributed by atoms with van der Waals surface area (Å²) in [4.78, 5) is 20.8. The first-order valence-electron chi connectivity index (χ1n) is 8.10. The molecule has 0 aliphatic heterocycles. The lowest BCUT2D eigenvalue weighted by Crippen LogP contribution is -2.15. The molecule has 4 rings (SSSR count). The molecule has 0 spiro atoms. The zero-order valence-corrected chi connectivity index (χ0v) is 13.9. The fraction of sp³-hybridized carbons (Fsp3) is 0.0526. The first-order valence-corrected chi connectivity index (χ1v) is 8.10. The molecule has 2 aromatic heterocycles. The third-order valence-electron chi connectivity index (χ3n) is 3.97. The highest BCUT2D eigenvalue weighted by Crippen LogP contribution is 2.17. The average molecular weight is 344 g/mol.